The molecule has 0 bridgehead atoms. The van der Waals surface area contributed by atoms with E-state index in [4.69, 9.17) is 14.2 Å². The van der Waals surface area contributed by atoms with Crippen LogP contribution in [-0.4, -0.2) is 33.8 Å². The first kappa shape index (κ1) is 20.1. The molecular weight excluding hydrogens is 354 g/mol. The molecule has 2 aromatic rings. The van der Waals surface area contributed by atoms with Crippen LogP contribution in [0.15, 0.2) is 42.5 Å². The monoisotopic (exact) mass is 383 g/mol. The van der Waals surface area contributed by atoms with E-state index in [1.165, 1.54) is 12.0 Å². The number of rotatable bonds is 7. The standard InChI is InChI=1S/C23H29NO4/c1-26-19-9-7-8-17(14-19)22(25)24-16-23(12-5-4-6-13-23)18-10-11-20(27-2)21(15-18)28-3/h7-11,14-15H,4-6,12-13,16H2,1-3H3,(H,24,25). The molecule has 2 aromatic carbocycles. The van der Waals surface area contributed by atoms with E-state index in [1.54, 1.807) is 27.4 Å². The highest BCUT2D eigenvalue weighted by atomic mass is 16.5. The molecule has 1 aliphatic carbocycles. The number of carbonyl (C=O) groups is 1. The van der Waals surface area contributed by atoms with E-state index in [9.17, 15) is 4.79 Å². The third kappa shape index (κ3) is 4.24. The first-order valence-electron chi connectivity index (χ1n) is 9.76. The predicted molar refractivity (Wildman–Crippen MR) is 110 cm³/mol. The summed E-state index contributed by atoms with van der Waals surface area (Å²) in [6, 6.07) is 13.4. The van der Waals surface area contributed by atoms with Crippen molar-refractivity contribution in [3.05, 3.63) is 53.6 Å². The number of ether oxygens (including phenoxy) is 3. The molecule has 0 aromatic heterocycles. The van der Waals surface area contributed by atoms with Crippen LogP contribution in [0, 0.1) is 0 Å². The van der Waals surface area contributed by atoms with Crippen molar-refractivity contribution in [1.29, 1.82) is 0 Å². The third-order valence-electron chi connectivity index (χ3n) is 5.73. The second-order valence-electron chi connectivity index (χ2n) is 7.33. The van der Waals surface area contributed by atoms with E-state index in [1.807, 2.05) is 24.3 Å². The highest BCUT2D eigenvalue weighted by molar-refractivity contribution is 5.94. The Balaban J connectivity index is 1.83. The molecule has 0 heterocycles. The van der Waals surface area contributed by atoms with Crippen molar-refractivity contribution in [3.8, 4) is 17.2 Å². The van der Waals surface area contributed by atoms with Crippen molar-refractivity contribution >= 4 is 5.91 Å². The van der Waals surface area contributed by atoms with Gasteiger partial charge in [-0.05, 0) is 48.7 Å². The number of hydrogen-bond donors (Lipinski definition) is 1. The number of nitrogens with one attached hydrogen (secondary N) is 1. The van der Waals surface area contributed by atoms with E-state index in [2.05, 4.69) is 17.4 Å². The largest absolute Gasteiger partial charge is 0.497 e. The maximum Gasteiger partial charge on any atom is 0.251 e. The van der Waals surface area contributed by atoms with Gasteiger partial charge in [0.2, 0.25) is 0 Å². The van der Waals surface area contributed by atoms with E-state index >= 15 is 0 Å². The summed E-state index contributed by atoms with van der Waals surface area (Å²) in [5.74, 6) is 2.05. The average molecular weight is 383 g/mol. The summed E-state index contributed by atoms with van der Waals surface area (Å²) in [5, 5.41) is 3.16. The topological polar surface area (TPSA) is 56.8 Å². The lowest BCUT2D eigenvalue weighted by Crippen LogP contribution is -2.42. The molecule has 0 spiro atoms. The Bertz CT molecular complexity index is 812. The average Bonchev–Trinajstić information content (AvgIpc) is 2.77. The van der Waals surface area contributed by atoms with Crippen LogP contribution < -0.4 is 19.5 Å². The van der Waals surface area contributed by atoms with Gasteiger partial charge in [-0.15, -0.1) is 0 Å². The van der Waals surface area contributed by atoms with Crippen molar-refractivity contribution in [2.75, 3.05) is 27.9 Å². The van der Waals surface area contributed by atoms with Gasteiger partial charge < -0.3 is 19.5 Å². The number of amides is 1. The summed E-state index contributed by atoms with van der Waals surface area (Å²) in [7, 11) is 4.90. The van der Waals surface area contributed by atoms with Crippen LogP contribution in [0.2, 0.25) is 0 Å². The van der Waals surface area contributed by atoms with Gasteiger partial charge in [0.05, 0.1) is 21.3 Å². The Hall–Kier alpha value is -2.69. The van der Waals surface area contributed by atoms with Gasteiger partial charge in [-0.1, -0.05) is 31.4 Å². The van der Waals surface area contributed by atoms with Gasteiger partial charge in [0, 0.05) is 17.5 Å². The third-order valence-corrected chi connectivity index (χ3v) is 5.73. The molecule has 0 aliphatic heterocycles. The molecule has 1 aliphatic rings. The lowest BCUT2D eigenvalue weighted by molar-refractivity contribution is 0.0936. The molecule has 0 atom stereocenters. The summed E-state index contributed by atoms with van der Waals surface area (Å²) in [6.07, 6.45) is 5.63. The highest BCUT2D eigenvalue weighted by Gasteiger charge is 2.35. The molecule has 150 valence electrons. The summed E-state index contributed by atoms with van der Waals surface area (Å²) in [4.78, 5) is 12.7. The van der Waals surface area contributed by atoms with E-state index in [-0.39, 0.29) is 11.3 Å². The van der Waals surface area contributed by atoms with Crippen molar-refractivity contribution in [2.45, 2.75) is 37.5 Å². The fourth-order valence-electron chi connectivity index (χ4n) is 4.08. The van der Waals surface area contributed by atoms with E-state index in [0.717, 1.165) is 37.2 Å². The molecule has 3 rings (SSSR count). The van der Waals surface area contributed by atoms with Crippen LogP contribution in [0.3, 0.4) is 0 Å². The van der Waals surface area contributed by atoms with Gasteiger partial charge in [0.15, 0.2) is 11.5 Å². The molecule has 0 radical (unpaired) electrons. The van der Waals surface area contributed by atoms with Gasteiger partial charge in [0.1, 0.15) is 5.75 Å². The maximum absolute atomic E-state index is 12.7. The van der Waals surface area contributed by atoms with Gasteiger partial charge in [-0.2, -0.15) is 0 Å². The fourth-order valence-corrected chi connectivity index (χ4v) is 4.08. The van der Waals surface area contributed by atoms with Crippen LogP contribution in [0.4, 0.5) is 0 Å². The number of carbonyl (C=O) groups excluding carboxylic acids is 1. The quantitative estimate of drug-likeness (QED) is 0.773. The minimum absolute atomic E-state index is 0.0793. The normalized spacial score (nSPS) is 15.5. The smallest absolute Gasteiger partial charge is 0.251 e. The molecule has 0 saturated heterocycles. The SMILES string of the molecule is COc1cccc(C(=O)NCC2(c3ccc(OC)c(OC)c3)CCCCC2)c1. The number of hydrogen-bond acceptors (Lipinski definition) is 4. The van der Waals surface area contributed by atoms with Crippen LogP contribution >= 0.6 is 0 Å². The summed E-state index contributed by atoms with van der Waals surface area (Å²) >= 11 is 0. The minimum Gasteiger partial charge on any atom is -0.497 e. The molecule has 28 heavy (non-hydrogen) atoms. The van der Waals surface area contributed by atoms with E-state index < -0.39 is 0 Å². The Kier molecular flexibility index (Phi) is 6.45. The zero-order valence-electron chi connectivity index (χ0n) is 16.9. The van der Waals surface area contributed by atoms with Crippen molar-refractivity contribution in [1.82, 2.24) is 5.32 Å². The molecule has 5 nitrogen and oxygen atoms in total. The molecule has 0 unspecified atom stereocenters. The zero-order chi connectivity index (χ0) is 20.0. The molecular formula is C23H29NO4. The Morgan fingerprint density at radius 3 is 2.36 bits per heavy atom. The fraction of sp³-hybridized carbons (Fsp3) is 0.435. The lowest BCUT2D eigenvalue weighted by Gasteiger charge is -2.38. The van der Waals surface area contributed by atoms with Gasteiger partial charge in [-0.25, -0.2) is 0 Å². The number of methoxy groups -OCH3 is 3. The second-order valence-corrected chi connectivity index (χ2v) is 7.33. The Morgan fingerprint density at radius 1 is 0.929 bits per heavy atom. The van der Waals surface area contributed by atoms with Crippen LogP contribution in [0.5, 0.6) is 17.2 Å². The zero-order valence-corrected chi connectivity index (χ0v) is 16.9. The Labute approximate surface area is 167 Å². The molecule has 1 saturated carbocycles. The molecule has 1 amide bonds. The van der Waals surface area contributed by atoms with Crippen LogP contribution in [0.1, 0.15) is 48.0 Å². The highest BCUT2D eigenvalue weighted by Crippen LogP contribution is 2.42. The van der Waals surface area contributed by atoms with Gasteiger partial charge in [-0.3, -0.25) is 4.79 Å². The molecule has 1 fully saturated rings. The minimum atomic E-state index is -0.0909. The molecule has 5 heteroatoms. The van der Waals surface area contributed by atoms with Crippen molar-refractivity contribution < 1.29 is 19.0 Å². The predicted octanol–water partition coefficient (Wildman–Crippen LogP) is 4.34. The van der Waals surface area contributed by atoms with Crippen LogP contribution in [-0.2, 0) is 5.41 Å². The first-order chi connectivity index (χ1) is 13.6. The first-order valence-corrected chi connectivity index (χ1v) is 9.76. The molecule has 1 N–H and O–H groups in total. The summed E-state index contributed by atoms with van der Waals surface area (Å²) in [6.45, 7) is 0.596. The summed E-state index contributed by atoms with van der Waals surface area (Å²) in [5.41, 5.74) is 1.71. The maximum atomic E-state index is 12.7. The van der Waals surface area contributed by atoms with Gasteiger partial charge in [0.25, 0.3) is 5.91 Å². The van der Waals surface area contributed by atoms with Gasteiger partial charge >= 0.3 is 0 Å². The number of benzene rings is 2. The van der Waals surface area contributed by atoms with Crippen molar-refractivity contribution in [2.24, 2.45) is 0 Å². The van der Waals surface area contributed by atoms with Crippen LogP contribution in [0.25, 0.3) is 0 Å². The lowest BCUT2D eigenvalue weighted by atomic mass is 9.69. The van der Waals surface area contributed by atoms with E-state index in [0.29, 0.717) is 17.9 Å². The second kappa shape index (κ2) is 9.00. The van der Waals surface area contributed by atoms with Crippen molar-refractivity contribution in [3.63, 3.8) is 0 Å². The summed E-state index contributed by atoms with van der Waals surface area (Å²) < 4.78 is 16.1. The Morgan fingerprint density at radius 2 is 1.68 bits per heavy atom.